The largest absolute Gasteiger partial charge is 0.316 e. The minimum atomic E-state index is -2.88. The first-order valence-electron chi connectivity index (χ1n) is 7.42. The summed E-state index contributed by atoms with van der Waals surface area (Å²) in [5.41, 5.74) is 1.25. The lowest BCUT2D eigenvalue weighted by molar-refractivity contribution is 0.496. The number of hydrogen-bond donors (Lipinski definition) is 1. The number of sulfone groups is 1. The Labute approximate surface area is 137 Å². The van der Waals surface area contributed by atoms with Crippen LogP contribution < -0.4 is 5.32 Å². The van der Waals surface area contributed by atoms with Gasteiger partial charge in [0.1, 0.15) is 9.84 Å². The molecule has 1 aromatic rings. The van der Waals surface area contributed by atoms with Gasteiger partial charge >= 0.3 is 0 Å². The Morgan fingerprint density at radius 1 is 1.19 bits per heavy atom. The van der Waals surface area contributed by atoms with Crippen molar-refractivity contribution in [2.75, 3.05) is 25.1 Å². The molecule has 0 aliphatic carbocycles. The van der Waals surface area contributed by atoms with Crippen LogP contribution >= 0.6 is 15.9 Å². The van der Waals surface area contributed by atoms with Crippen LogP contribution in [0.3, 0.4) is 0 Å². The number of benzene rings is 1. The van der Waals surface area contributed by atoms with Crippen LogP contribution in [-0.4, -0.2) is 33.5 Å². The van der Waals surface area contributed by atoms with E-state index in [2.05, 4.69) is 41.2 Å². The third kappa shape index (κ3) is 7.98. The molecule has 1 atom stereocenters. The molecule has 1 unspecified atom stereocenters. The summed E-state index contributed by atoms with van der Waals surface area (Å²) >= 11 is 3.60. The van der Waals surface area contributed by atoms with Gasteiger partial charge in [0.15, 0.2) is 0 Å². The summed E-state index contributed by atoms with van der Waals surface area (Å²) in [7, 11) is -2.88. The smallest absolute Gasteiger partial charge is 0.147 e. The van der Waals surface area contributed by atoms with Crippen molar-refractivity contribution in [3.05, 3.63) is 34.3 Å². The highest BCUT2D eigenvalue weighted by molar-refractivity contribution is 9.10. The maximum absolute atomic E-state index is 11.3. The van der Waals surface area contributed by atoms with E-state index in [1.807, 2.05) is 18.2 Å². The van der Waals surface area contributed by atoms with Gasteiger partial charge in [-0.15, -0.1) is 0 Å². The molecule has 1 rings (SSSR count). The topological polar surface area (TPSA) is 46.2 Å². The average molecular weight is 376 g/mol. The first-order chi connectivity index (χ1) is 9.79. The Balaban J connectivity index is 2.68. The van der Waals surface area contributed by atoms with Gasteiger partial charge in [0.25, 0.3) is 0 Å². The number of hydrogen-bond acceptors (Lipinski definition) is 3. The van der Waals surface area contributed by atoms with Crippen molar-refractivity contribution < 1.29 is 8.42 Å². The minimum absolute atomic E-state index is 0.262. The van der Waals surface area contributed by atoms with Gasteiger partial charge in [0, 0.05) is 23.0 Å². The fourth-order valence-corrected chi connectivity index (χ4v) is 3.61. The molecule has 0 radical (unpaired) electrons. The molecular formula is C16H26BrNO2S. The van der Waals surface area contributed by atoms with E-state index in [9.17, 15) is 8.42 Å². The average Bonchev–Trinajstić information content (AvgIpc) is 2.36. The van der Waals surface area contributed by atoms with Gasteiger partial charge in [-0.25, -0.2) is 8.42 Å². The van der Waals surface area contributed by atoms with E-state index in [0.29, 0.717) is 18.3 Å². The van der Waals surface area contributed by atoms with Gasteiger partial charge in [-0.2, -0.15) is 0 Å². The number of rotatable bonds is 9. The Kier molecular flexibility index (Phi) is 7.92. The summed E-state index contributed by atoms with van der Waals surface area (Å²) in [5, 5.41) is 3.49. The Morgan fingerprint density at radius 3 is 2.43 bits per heavy atom. The zero-order chi connectivity index (χ0) is 15.9. The molecule has 0 bridgehead atoms. The molecule has 0 aliphatic heterocycles. The van der Waals surface area contributed by atoms with Gasteiger partial charge in [-0.05, 0) is 42.9 Å². The van der Waals surface area contributed by atoms with Crippen LogP contribution in [0.15, 0.2) is 28.7 Å². The van der Waals surface area contributed by atoms with Gasteiger partial charge in [0.2, 0.25) is 0 Å². The van der Waals surface area contributed by atoms with E-state index in [1.54, 1.807) is 0 Å². The summed E-state index contributed by atoms with van der Waals surface area (Å²) < 4.78 is 23.7. The van der Waals surface area contributed by atoms with Crippen molar-refractivity contribution in [1.29, 1.82) is 0 Å². The third-order valence-corrected chi connectivity index (χ3v) is 5.11. The summed E-state index contributed by atoms with van der Waals surface area (Å²) in [6.45, 7) is 6.23. The second-order valence-corrected chi connectivity index (χ2v) is 9.16. The minimum Gasteiger partial charge on any atom is -0.316 e. The van der Waals surface area contributed by atoms with Gasteiger partial charge in [0.05, 0.1) is 0 Å². The van der Waals surface area contributed by atoms with Crippen molar-refractivity contribution in [2.45, 2.75) is 32.6 Å². The van der Waals surface area contributed by atoms with Crippen LogP contribution in [0, 0.1) is 5.92 Å². The lowest BCUT2D eigenvalue weighted by atomic mass is 9.94. The van der Waals surface area contributed by atoms with E-state index >= 15 is 0 Å². The third-order valence-electron chi connectivity index (χ3n) is 3.36. The van der Waals surface area contributed by atoms with Crippen LogP contribution in [0.4, 0.5) is 0 Å². The van der Waals surface area contributed by atoms with Crippen molar-refractivity contribution in [2.24, 2.45) is 5.92 Å². The van der Waals surface area contributed by atoms with E-state index in [-0.39, 0.29) is 5.75 Å². The molecule has 5 heteroatoms. The highest BCUT2D eigenvalue weighted by Gasteiger charge is 2.15. The Morgan fingerprint density at radius 2 is 1.86 bits per heavy atom. The predicted molar refractivity (Wildman–Crippen MR) is 93.5 cm³/mol. The molecule has 0 fully saturated rings. The molecule has 0 aliphatic rings. The van der Waals surface area contributed by atoms with Crippen LogP contribution in [0.25, 0.3) is 0 Å². The lowest BCUT2D eigenvalue weighted by Gasteiger charge is -2.20. The second-order valence-electron chi connectivity index (χ2n) is 6.04. The molecule has 0 amide bonds. The molecule has 1 aromatic carbocycles. The fraction of sp³-hybridized carbons (Fsp3) is 0.625. The van der Waals surface area contributed by atoms with Crippen molar-refractivity contribution in [1.82, 2.24) is 5.32 Å². The van der Waals surface area contributed by atoms with Gasteiger partial charge in [-0.3, -0.25) is 0 Å². The van der Waals surface area contributed by atoms with E-state index < -0.39 is 9.84 Å². The molecule has 0 aromatic heterocycles. The molecule has 0 saturated heterocycles. The Hall–Kier alpha value is -0.390. The number of halogens is 1. The number of nitrogens with one attached hydrogen (secondary N) is 1. The molecule has 0 spiro atoms. The SMILES string of the molecule is CC(C)CNCC(CCCS(C)(=O)=O)c1ccccc1Br. The summed E-state index contributed by atoms with van der Waals surface area (Å²) in [5.74, 6) is 1.21. The maximum atomic E-state index is 11.3. The van der Waals surface area contributed by atoms with E-state index in [0.717, 1.165) is 24.0 Å². The van der Waals surface area contributed by atoms with E-state index in [4.69, 9.17) is 0 Å². The molecule has 21 heavy (non-hydrogen) atoms. The first kappa shape index (κ1) is 18.7. The van der Waals surface area contributed by atoms with Crippen LogP contribution in [0.2, 0.25) is 0 Å². The van der Waals surface area contributed by atoms with Crippen molar-refractivity contribution in [3.8, 4) is 0 Å². The standard InChI is InChI=1S/C16H26BrNO2S/c1-13(2)11-18-12-14(7-6-10-21(3,19)20)15-8-4-5-9-16(15)17/h4-5,8-9,13-14,18H,6-7,10-12H2,1-3H3. The van der Waals surface area contributed by atoms with Crippen molar-refractivity contribution >= 4 is 25.8 Å². The monoisotopic (exact) mass is 375 g/mol. The fourth-order valence-electron chi connectivity index (χ4n) is 2.31. The second kappa shape index (κ2) is 8.91. The normalized spacial score (nSPS) is 13.6. The lowest BCUT2D eigenvalue weighted by Crippen LogP contribution is -2.26. The van der Waals surface area contributed by atoms with Gasteiger partial charge in [-0.1, -0.05) is 48.0 Å². The first-order valence-corrected chi connectivity index (χ1v) is 10.3. The molecular weight excluding hydrogens is 350 g/mol. The molecule has 120 valence electrons. The van der Waals surface area contributed by atoms with E-state index in [1.165, 1.54) is 11.8 Å². The van der Waals surface area contributed by atoms with Crippen LogP contribution in [0.5, 0.6) is 0 Å². The zero-order valence-corrected chi connectivity index (χ0v) is 15.5. The molecule has 0 heterocycles. The predicted octanol–water partition coefficient (Wildman–Crippen LogP) is 3.60. The van der Waals surface area contributed by atoms with Gasteiger partial charge < -0.3 is 5.32 Å². The summed E-state index contributed by atoms with van der Waals surface area (Å²) in [6.07, 6.45) is 2.88. The highest BCUT2D eigenvalue weighted by Crippen LogP contribution is 2.28. The highest BCUT2D eigenvalue weighted by atomic mass is 79.9. The molecule has 3 nitrogen and oxygen atoms in total. The maximum Gasteiger partial charge on any atom is 0.147 e. The summed E-state index contributed by atoms with van der Waals surface area (Å²) in [6, 6.07) is 8.20. The zero-order valence-electron chi connectivity index (χ0n) is 13.1. The Bertz CT molecular complexity index is 529. The quantitative estimate of drug-likeness (QED) is 0.716. The summed E-state index contributed by atoms with van der Waals surface area (Å²) in [4.78, 5) is 0. The van der Waals surface area contributed by atoms with Crippen molar-refractivity contribution in [3.63, 3.8) is 0 Å². The van der Waals surface area contributed by atoms with Crippen LogP contribution in [0.1, 0.15) is 38.2 Å². The molecule has 1 N–H and O–H groups in total. The molecule has 0 saturated carbocycles. The van der Waals surface area contributed by atoms with Crippen LogP contribution in [-0.2, 0) is 9.84 Å².